The Morgan fingerprint density at radius 1 is 1.23 bits per heavy atom. The average molecular weight is 303 g/mol. The molecule has 3 rings (SSSR count). The monoisotopic (exact) mass is 303 g/mol. The predicted octanol–water partition coefficient (Wildman–Crippen LogP) is 4.42. The summed E-state index contributed by atoms with van der Waals surface area (Å²) in [6.07, 6.45) is 15.3. The van der Waals surface area contributed by atoms with E-state index in [9.17, 15) is 4.39 Å². The highest BCUT2D eigenvalue weighted by molar-refractivity contribution is 5.25. The summed E-state index contributed by atoms with van der Waals surface area (Å²) >= 11 is 0. The van der Waals surface area contributed by atoms with Crippen LogP contribution in [0.15, 0.2) is 47.5 Å². The van der Waals surface area contributed by atoms with Crippen molar-refractivity contribution in [1.82, 2.24) is 5.32 Å². The van der Waals surface area contributed by atoms with Crippen molar-refractivity contribution >= 4 is 0 Å². The van der Waals surface area contributed by atoms with Crippen LogP contribution in [-0.2, 0) is 4.74 Å². The summed E-state index contributed by atoms with van der Waals surface area (Å²) in [5.41, 5.74) is 1.40. The molecule has 0 aromatic rings. The molecule has 1 fully saturated rings. The van der Waals surface area contributed by atoms with Gasteiger partial charge in [-0.15, -0.1) is 0 Å². The molecule has 0 spiro atoms. The van der Waals surface area contributed by atoms with E-state index in [-0.39, 0.29) is 17.8 Å². The van der Waals surface area contributed by atoms with Gasteiger partial charge in [0.05, 0.1) is 5.76 Å². The van der Waals surface area contributed by atoms with E-state index in [2.05, 4.69) is 23.5 Å². The minimum Gasteiger partial charge on any atom is -0.490 e. The molecule has 3 aliphatic rings. The normalized spacial score (nSPS) is 27.7. The van der Waals surface area contributed by atoms with E-state index >= 15 is 0 Å². The van der Waals surface area contributed by atoms with Gasteiger partial charge in [-0.25, -0.2) is 4.39 Å². The minimum absolute atomic E-state index is 0.0365. The second-order valence-electron chi connectivity index (χ2n) is 6.62. The van der Waals surface area contributed by atoms with Crippen LogP contribution in [-0.4, -0.2) is 19.2 Å². The number of piperidine rings is 1. The highest BCUT2D eigenvalue weighted by Crippen LogP contribution is 2.34. The van der Waals surface area contributed by atoms with Crippen LogP contribution in [0.1, 0.15) is 39.0 Å². The third kappa shape index (κ3) is 3.70. The zero-order valence-corrected chi connectivity index (χ0v) is 13.4. The van der Waals surface area contributed by atoms with Crippen LogP contribution >= 0.6 is 0 Å². The molecule has 0 aromatic heterocycles. The lowest BCUT2D eigenvalue weighted by Gasteiger charge is -2.34. The number of allylic oxidation sites excluding steroid dienone is 7. The molecule has 1 aliphatic heterocycles. The molecule has 1 saturated heterocycles. The maximum atomic E-state index is 13.5. The Morgan fingerprint density at radius 2 is 2.05 bits per heavy atom. The van der Waals surface area contributed by atoms with Gasteiger partial charge in [-0.2, -0.15) is 0 Å². The van der Waals surface area contributed by atoms with E-state index in [0.717, 1.165) is 44.5 Å². The lowest BCUT2D eigenvalue weighted by molar-refractivity contribution is 0.0656. The van der Waals surface area contributed by atoms with Gasteiger partial charge in [0.1, 0.15) is 11.9 Å². The first-order valence-electron chi connectivity index (χ1n) is 8.53. The van der Waals surface area contributed by atoms with Crippen molar-refractivity contribution in [2.45, 2.75) is 45.1 Å². The molecular weight excluding hydrogens is 277 g/mol. The standard InChI is InChI=1S/C19H26FNO/c1-14-13-17(7-8-18(14)20)22-19(15-5-3-2-4-6-15)16-9-11-21-12-10-16/h2-3,5,7-8,14,16,19,21H,4,6,9-13H2,1H3. The lowest BCUT2D eigenvalue weighted by atomic mass is 9.84. The summed E-state index contributed by atoms with van der Waals surface area (Å²) in [6, 6.07) is 0. The second kappa shape index (κ2) is 7.28. The number of ether oxygens (including phenoxy) is 1. The highest BCUT2D eigenvalue weighted by Gasteiger charge is 2.30. The van der Waals surface area contributed by atoms with Crippen molar-refractivity contribution in [1.29, 1.82) is 0 Å². The fourth-order valence-electron chi connectivity index (χ4n) is 3.53. The first-order chi connectivity index (χ1) is 10.7. The highest BCUT2D eigenvalue weighted by atomic mass is 19.1. The second-order valence-corrected chi connectivity index (χ2v) is 6.62. The van der Waals surface area contributed by atoms with Gasteiger partial charge in [0, 0.05) is 18.3 Å². The Labute approximate surface area is 132 Å². The maximum absolute atomic E-state index is 13.5. The first kappa shape index (κ1) is 15.5. The fourth-order valence-corrected chi connectivity index (χ4v) is 3.53. The zero-order chi connectivity index (χ0) is 15.4. The van der Waals surface area contributed by atoms with Gasteiger partial charge in [-0.3, -0.25) is 0 Å². The minimum atomic E-state index is -0.0612. The SMILES string of the molecule is CC1CC(OC(C2=CC=CCC2)C2CCNCC2)=CC=C1F. The largest absolute Gasteiger partial charge is 0.490 e. The van der Waals surface area contributed by atoms with E-state index in [1.807, 2.05) is 13.0 Å². The molecule has 120 valence electrons. The molecule has 0 radical (unpaired) electrons. The Morgan fingerprint density at radius 3 is 2.73 bits per heavy atom. The van der Waals surface area contributed by atoms with Crippen molar-refractivity contribution < 1.29 is 9.13 Å². The number of hydrogen-bond donors (Lipinski definition) is 1. The van der Waals surface area contributed by atoms with Gasteiger partial charge in [-0.05, 0) is 56.5 Å². The number of nitrogens with one attached hydrogen (secondary N) is 1. The van der Waals surface area contributed by atoms with Crippen molar-refractivity contribution in [3.05, 3.63) is 47.5 Å². The number of halogens is 1. The van der Waals surface area contributed by atoms with Crippen molar-refractivity contribution in [2.75, 3.05) is 13.1 Å². The molecule has 1 N–H and O–H groups in total. The lowest BCUT2D eigenvalue weighted by Crippen LogP contribution is -2.36. The zero-order valence-electron chi connectivity index (χ0n) is 13.4. The van der Waals surface area contributed by atoms with Crippen LogP contribution in [0.25, 0.3) is 0 Å². The van der Waals surface area contributed by atoms with E-state index in [0.29, 0.717) is 12.3 Å². The third-order valence-electron chi connectivity index (χ3n) is 4.91. The van der Waals surface area contributed by atoms with Gasteiger partial charge in [0.25, 0.3) is 0 Å². The van der Waals surface area contributed by atoms with Gasteiger partial charge in [-0.1, -0.05) is 25.2 Å². The Bertz CT molecular complexity index is 512. The molecule has 2 unspecified atom stereocenters. The van der Waals surface area contributed by atoms with Crippen LogP contribution in [0.3, 0.4) is 0 Å². The topological polar surface area (TPSA) is 21.3 Å². The summed E-state index contributed by atoms with van der Waals surface area (Å²) in [6.45, 7) is 4.06. The maximum Gasteiger partial charge on any atom is 0.122 e. The molecule has 2 nitrogen and oxygen atoms in total. The van der Waals surface area contributed by atoms with Crippen molar-refractivity contribution in [3.8, 4) is 0 Å². The smallest absolute Gasteiger partial charge is 0.122 e. The summed E-state index contributed by atoms with van der Waals surface area (Å²) in [5.74, 6) is 1.40. The predicted molar refractivity (Wildman–Crippen MR) is 88.0 cm³/mol. The Hall–Kier alpha value is -1.35. The summed E-state index contributed by atoms with van der Waals surface area (Å²) in [5, 5.41) is 3.43. The van der Waals surface area contributed by atoms with E-state index in [1.165, 1.54) is 5.57 Å². The Balaban J connectivity index is 1.76. The molecule has 0 bridgehead atoms. The third-order valence-corrected chi connectivity index (χ3v) is 4.91. The van der Waals surface area contributed by atoms with E-state index < -0.39 is 0 Å². The van der Waals surface area contributed by atoms with Gasteiger partial charge in [0.15, 0.2) is 0 Å². The van der Waals surface area contributed by atoms with Gasteiger partial charge < -0.3 is 10.1 Å². The summed E-state index contributed by atoms with van der Waals surface area (Å²) in [4.78, 5) is 0. The van der Waals surface area contributed by atoms with Crippen LogP contribution < -0.4 is 5.32 Å². The van der Waals surface area contributed by atoms with Crippen molar-refractivity contribution in [3.63, 3.8) is 0 Å². The molecule has 2 aliphatic carbocycles. The van der Waals surface area contributed by atoms with Gasteiger partial charge >= 0.3 is 0 Å². The molecule has 1 heterocycles. The van der Waals surface area contributed by atoms with Crippen LogP contribution in [0, 0.1) is 11.8 Å². The molecular formula is C19H26FNO. The molecule has 0 aromatic carbocycles. The Kier molecular flexibility index (Phi) is 5.14. The molecule has 0 saturated carbocycles. The quantitative estimate of drug-likeness (QED) is 0.830. The first-order valence-corrected chi connectivity index (χ1v) is 8.53. The number of rotatable bonds is 4. The number of hydrogen-bond acceptors (Lipinski definition) is 2. The van der Waals surface area contributed by atoms with E-state index in [1.54, 1.807) is 6.08 Å². The van der Waals surface area contributed by atoms with Crippen molar-refractivity contribution in [2.24, 2.45) is 11.8 Å². The van der Waals surface area contributed by atoms with Crippen LogP contribution in [0.2, 0.25) is 0 Å². The van der Waals surface area contributed by atoms with Gasteiger partial charge in [0.2, 0.25) is 0 Å². The van der Waals surface area contributed by atoms with Crippen LogP contribution in [0.4, 0.5) is 4.39 Å². The van der Waals surface area contributed by atoms with Crippen LogP contribution in [0.5, 0.6) is 0 Å². The van der Waals surface area contributed by atoms with E-state index in [4.69, 9.17) is 4.74 Å². The molecule has 2 atom stereocenters. The summed E-state index contributed by atoms with van der Waals surface area (Å²) < 4.78 is 19.9. The molecule has 0 amide bonds. The molecule has 22 heavy (non-hydrogen) atoms. The average Bonchev–Trinajstić information content (AvgIpc) is 2.57. The molecule has 3 heteroatoms. The summed E-state index contributed by atoms with van der Waals surface area (Å²) in [7, 11) is 0. The fraction of sp³-hybridized carbons (Fsp3) is 0.579.